The lowest BCUT2D eigenvalue weighted by Crippen LogP contribution is -2.11. The second-order valence-electron chi connectivity index (χ2n) is 13.4. The summed E-state index contributed by atoms with van der Waals surface area (Å²) in [5, 5.41) is 4.68. The molecule has 246 valence electrons. The van der Waals surface area contributed by atoms with Gasteiger partial charge in [0.15, 0.2) is 0 Å². The molecular weight excluding hydrogens is 633 g/mol. The number of nitrogens with zero attached hydrogens (tertiary/aromatic N) is 2. The number of aromatic nitrogens is 1. The van der Waals surface area contributed by atoms with Gasteiger partial charge < -0.3 is 13.9 Å². The van der Waals surface area contributed by atoms with E-state index >= 15 is 0 Å². The summed E-state index contributed by atoms with van der Waals surface area (Å²) in [7, 11) is 0. The van der Waals surface area contributed by atoms with Crippen molar-refractivity contribution in [3.8, 4) is 27.9 Å². The van der Waals surface area contributed by atoms with Crippen molar-refractivity contribution >= 4 is 60.8 Å². The third kappa shape index (κ3) is 4.90. The van der Waals surface area contributed by atoms with E-state index in [-0.39, 0.29) is 0 Å². The van der Waals surface area contributed by atoms with Gasteiger partial charge in [0.2, 0.25) is 0 Å². The first kappa shape index (κ1) is 30.0. The van der Waals surface area contributed by atoms with E-state index in [1.54, 1.807) is 0 Å². The van der Waals surface area contributed by atoms with Gasteiger partial charge in [-0.1, -0.05) is 121 Å². The molecule has 10 rings (SSSR count). The molecule has 10 aromatic rings. The fourth-order valence-corrected chi connectivity index (χ4v) is 7.89. The molecule has 2 aromatic heterocycles. The summed E-state index contributed by atoms with van der Waals surface area (Å²) in [4.78, 5) is 2.38. The van der Waals surface area contributed by atoms with E-state index in [2.05, 4.69) is 198 Å². The zero-order valence-electron chi connectivity index (χ0n) is 28.7. The molecule has 0 spiro atoms. The Morgan fingerprint density at radius 3 is 1.81 bits per heavy atom. The minimum Gasteiger partial charge on any atom is -0.455 e. The largest absolute Gasteiger partial charge is 0.455 e. The van der Waals surface area contributed by atoms with Gasteiger partial charge in [-0.2, -0.15) is 0 Å². The van der Waals surface area contributed by atoms with Crippen molar-refractivity contribution in [1.82, 2.24) is 4.57 Å². The van der Waals surface area contributed by atoms with Crippen molar-refractivity contribution in [1.29, 1.82) is 0 Å². The summed E-state index contributed by atoms with van der Waals surface area (Å²) < 4.78 is 9.10. The minimum atomic E-state index is 0.879. The predicted molar refractivity (Wildman–Crippen MR) is 218 cm³/mol. The second-order valence-corrected chi connectivity index (χ2v) is 13.4. The molecular formula is C49H34N2O. The first-order valence-electron chi connectivity index (χ1n) is 17.8. The molecule has 0 atom stereocenters. The van der Waals surface area contributed by atoms with Gasteiger partial charge in [-0.3, -0.25) is 0 Å². The van der Waals surface area contributed by atoms with Crippen LogP contribution in [0.15, 0.2) is 192 Å². The molecule has 3 heteroatoms. The van der Waals surface area contributed by atoms with Gasteiger partial charge in [0, 0.05) is 49.9 Å². The Balaban J connectivity index is 1.21. The number of benzene rings is 8. The van der Waals surface area contributed by atoms with Crippen molar-refractivity contribution in [3.05, 3.63) is 194 Å². The van der Waals surface area contributed by atoms with Crippen LogP contribution in [0.25, 0.3) is 71.7 Å². The van der Waals surface area contributed by atoms with E-state index in [0.29, 0.717) is 0 Å². The Morgan fingerprint density at radius 2 is 1.08 bits per heavy atom. The Labute approximate surface area is 302 Å². The van der Waals surface area contributed by atoms with E-state index < -0.39 is 0 Å². The maximum absolute atomic E-state index is 6.72. The van der Waals surface area contributed by atoms with Crippen molar-refractivity contribution in [2.75, 3.05) is 4.90 Å². The fraction of sp³-hybridized carbons (Fsp3) is 0.0204. The van der Waals surface area contributed by atoms with Crippen molar-refractivity contribution in [2.45, 2.75) is 6.92 Å². The number of hydrogen-bond donors (Lipinski definition) is 0. The number of aryl methyl sites for hydroxylation is 1. The molecule has 2 heterocycles. The molecule has 0 aliphatic rings. The normalized spacial score (nSPS) is 11.6. The lowest BCUT2D eigenvalue weighted by Gasteiger charge is -2.28. The van der Waals surface area contributed by atoms with Crippen LogP contribution in [0.1, 0.15) is 5.56 Å². The summed E-state index contributed by atoms with van der Waals surface area (Å²) in [6.07, 6.45) is 0. The van der Waals surface area contributed by atoms with Crippen molar-refractivity contribution in [3.63, 3.8) is 0 Å². The lowest BCUT2D eigenvalue weighted by molar-refractivity contribution is 0.670. The Morgan fingerprint density at radius 1 is 0.442 bits per heavy atom. The van der Waals surface area contributed by atoms with E-state index in [1.165, 1.54) is 38.5 Å². The van der Waals surface area contributed by atoms with E-state index in [1.807, 2.05) is 6.07 Å². The lowest BCUT2D eigenvalue weighted by atomic mass is 9.98. The third-order valence-corrected chi connectivity index (χ3v) is 10.3. The van der Waals surface area contributed by atoms with E-state index in [0.717, 1.165) is 55.8 Å². The molecule has 0 aliphatic heterocycles. The summed E-state index contributed by atoms with van der Waals surface area (Å²) in [6.45, 7) is 2.21. The molecule has 0 aliphatic carbocycles. The monoisotopic (exact) mass is 666 g/mol. The molecule has 0 saturated heterocycles. The zero-order valence-corrected chi connectivity index (χ0v) is 28.7. The van der Waals surface area contributed by atoms with Crippen LogP contribution < -0.4 is 4.90 Å². The highest BCUT2D eigenvalue weighted by molar-refractivity contribution is 6.12. The van der Waals surface area contributed by atoms with Crippen LogP contribution in [0, 0.1) is 6.92 Å². The summed E-state index contributed by atoms with van der Waals surface area (Å²) in [6, 6.07) is 67.2. The SMILES string of the molecule is Cc1cc(-c2ccccc2)ccc1N(c1ccccc1)c1cc(-c2cccc(-n3c4ccccc4c4ccccc43)c2)c2oc3ccccc3c2c1. The van der Waals surface area contributed by atoms with Crippen LogP contribution in [0.5, 0.6) is 0 Å². The van der Waals surface area contributed by atoms with Crippen LogP contribution in [0.2, 0.25) is 0 Å². The van der Waals surface area contributed by atoms with Gasteiger partial charge in [0.1, 0.15) is 11.2 Å². The maximum atomic E-state index is 6.72. The van der Waals surface area contributed by atoms with E-state index in [9.17, 15) is 0 Å². The first-order valence-corrected chi connectivity index (χ1v) is 17.8. The molecule has 0 N–H and O–H groups in total. The number of fused-ring (bicyclic) bond motifs is 6. The van der Waals surface area contributed by atoms with Gasteiger partial charge >= 0.3 is 0 Å². The topological polar surface area (TPSA) is 21.3 Å². The van der Waals surface area contributed by atoms with Gasteiger partial charge in [0.05, 0.1) is 11.0 Å². The summed E-state index contributed by atoms with van der Waals surface area (Å²) in [5.41, 5.74) is 14.3. The summed E-state index contributed by atoms with van der Waals surface area (Å²) >= 11 is 0. The Hall–Kier alpha value is -6.84. The van der Waals surface area contributed by atoms with Gasteiger partial charge in [-0.15, -0.1) is 0 Å². The van der Waals surface area contributed by atoms with Crippen LogP contribution in [-0.2, 0) is 0 Å². The maximum Gasteiger partial charge on any atom is 0.143 e. The highest BCUT2D eigenvalue weighted by Crippen LogP contribution is 2.45. The van der Waals surface area contributed by atoms with Crippen LogP contribution >= 0.6 is 0 Å². The smallest absolute Gasteiger partial charge is 0.143 e. The molecule has 0 amide bonds. The van der Waals surface area contributed by atoms with Gasteiger partial charge in [-0.25, -0.2) is 0 Å². The molecule has 0 fully saturated rings. The van der Waals surface area contributed by atoms with E-state index in [4.69, 9.17) is 4.42 Å². The molecule has 52 heavy (non-hydrogen) atoms. The van der Waals surface area contributed by atoms with Crippen molar-refractivity contribution < 1.29 is 4.42 Å². The number of rotatable bonds is 6. The first-order chi connectivity index (χ1) is 25.7. The van der Waals surface area contributed by atoms with Gasteiger partial charge in [0.25, 0.3) is 0 Å². The third-order valence-electron chi connectivity index (χ3n) is 10.3. The van der Waals surface area contributed by atoms with Crippen molar-refractivity contribution in [2.24, 2.45) is 0 Å². The number of para-hydroxylation sites is 4. The molecule has 0 unspecified atom stereocenters. The highest BCUT2D eigenvalue weighted by atomic mass is 16.3. The standard InChI is InChI=1S/C49H34N2O/c1-33-29-35(34-15-4-2-5-16-34)27-28-45(33)50(37-18-6-3-7-19-37)39-31-43(49-44(32-39)42-23-10-13-26-48(42)52-49)36-17-14-20-38(30-36)51-46-24-11-8-21-40(46)41-22-9-12-25-47(41)51/h2-32H,1H3. The molecule has 3 nitrogen and oxygen atoms in total. The highest BCUT2D eigenvalue weighted by Gasteiger charge is 2.21. The molecule has 0 radical (unpaired) electrons. The minimum absolute atomic E-state index is 0.879. The predicted octanol–water partition coefficient (Wildman–Crippen LogP) is 13.8. The van der Waals surface area contributed by atoms with Crippen LogP contribution in [0.3, 0.4) is 0 Å². The molecule has 8 aromatic carbocycles. The van der Waals surface area contributed by atoms with Gasteiger partial charge in [-0.05, 0) is 95.9 Å². The Bertz CT molecular complexity index is 2860. The average molecular weight is 667 g/mol. The quantitative estimate of drug-likeness (QED) is 0.176. The zero-order chi connectivity index (χ0) is 34.6. The number of hydrogen-bond acceptors (Lipinski definition) is 2. The van der Waals surface area contributed by atoms with Crippen LogP contribution in [-0.4, -0.2) is 4.57 Å². The Kier molecular flexibility index (Phi) is 7.04. The second kappa shape index (κ2) is 12.2. The fourth-order valence-electron chi connectivity index (χ4n) is 7.89. The summed E-state index contributed by atoms with van der Waals surface area (Å²) in [5.74, 6) is 0. The number of furan rings is 1. The molecule has 0 bridgehead atoms. The number of anilines is 3. The molecule has 0 saturated carbocycles. The average Bonchev–Trinajstić information content (AvgIpc) is 3.75. The van der Waals surface area contributed by atoms with Crippen LogP contribution in [0.4, 0.5) is 17.1 Å².